The molecule has 0 saturated heterocycles. The van der Waals surface area contributed by atoms with Gasteiger partial charge in [-0.1, -0.05) is 260 Å². The molecule has 0 aliphatic rings. The van der Waals surface area contributed by atoms with Crippen molar-refractivity contribution in [2.75, 3.05) is 39.6 Å². The zero-order chi connectivity index (χ0) is 60.8. The van der Waals surface area contributed by atoms with Crippen LogP contribution in [0.5, 0.6) is 0 Å². The van der Waals surface area contributed by atoms with E-state index in [1.807, 2.05) is 0 Å². The van der Waals surface area contributed by atoms with Gasteiger partial charge in [0.25, 0.3) is 0 Å². The smallest absolute Gasteiger partial charge is 0.462 e. The molecular weight excluding hydrogens is 1090 g/mol. The number of phosphoric ester groups is 2. The Labute approximate surface area is 498 Å². The van der Waals surface area contributed by atoms with Crippen LogP contribution in [-0.2, 0) is 65.4 Å². The van der Waals surface area contributed by atoms with E-state index in [4.69, 9.17) is 37.0 Å². The van der Waals surface area contributed by atoms with E-state index in [9.17, 15) is 43.2 Å². The van der Waals surface area contributed by atoms with Gasteiger partial charge in [0.1, 0.15) is 19.3 Å². The van der Waals surface area contributed by atoms with Crippen LogP contribution in [0.15, 0.2) is 0 Å². The molecule has 19 heteroatoms. The van der Waals surface area contributed by atoms with E-state index in [0.717, 1.165) is 108 Å². The average molecular weight is 1210 g/mol. The van der Waals surface area contributed by atoms with Crippen LogP contribution in [-0.4, -0.2) is 96.7 Å². The lowest BCUT2D eigenvalue weighted by Gasteiger charge is -2.21. The Morgan fingerprint density at radius 2 is 0.561 bits per heavy atom. The van der Waals surface area contributed by atoms with Crippen LogP contribution in [0.1, 0.15) is 311 Å². The number of hydrogen-bond donors (Lipinski definition) is 3. The van der Waals surface area contributed by atoms with E-state index < -0.39 is 97.5 Å². The molecule has 0 fully saturated rings. The summed E-state index contributed by atoms with van der Waals surface area (Å²) < 4.78 is 67.9. The molecule has 0 saturated carbocycles. The molecule has 0 amide bonds. The summed E-state index contributed by atoms with van der Waals surface area (Å²) in [4.78, 5) is 72.1. The van der Waals surface area contributed by atoms with Crippen molar-refractivity contribution in [3.63, 3.8) is 0 Å². The summed E-state index contributed by atoms with van der Waals surface area (Å²) in [5.41, 5.74) is 0. The Balaban J connectivity index is 5.23. The fraction of sp³-hybridized carbons (Fsp3) is 0.937. The molecule has 17 nitrogen and oxygen atoms in total. The second-order valence-corrected chi connectivity index (χ2v) is 26.7. The van der Waals surface area contributed by atoms with Crippen molar-refractivity contribution < 1.29 is 80.2 Å². The average Bonchev–Trinajstić information content (AvgIpc) is 3.43. The van der Waals surface area contributed by atoms with Crippen molar-refractivity contribution in [3.05, 3.63) is 0 Å². The summed E-state index contributed by atoms with van der Waals surface area (Å²) in [5, 5.41) is 10.5. The lowest BCUT2D eigenvalue weighted by Crippen LogP contribution is -2.30. The molecule has 3 N–H and O–H groups in total. The van der Waals surface area contributed by atoms with Crippen LogP contribution in [0.2, 0.25) is 0 Å². The van der Waals surface area contributed by atoms with E-state index in [1.54, 1.807) is 0 Å². The number of rotatable bonds is 62. The Morgan fingerprint density at radius 1 is 0.329 bits per heavy atom. The minimum absolute atomic E-state index is 0.105. The molecule has 0 aromatic carbocycles. The van der Waals surface area contributed by atoms with Crippen LogP contribution in [0.25, 0.3) is 0 Å². The first-order valence-corrected chi connectivity index (χ1v) is 36.0. The first-order valence-electron chi connectivity index (χ1n) is 33.0. The number of carbonyl (C=O) groups is 4. The second-order valence-electron chi connectivity index (χ2n) is 23.7. The summed E-state index contributed by atoms with van der Waals surface area (Å²) in [6.07, 6.45) is 37.6. The fourth-order valence-electron chi connectivity index (χ4n) is 9.35. The topological polar surface area (TPSA) is 237 Å². The number of aliphatic hydroxyl groups excluding tert-OH is 1. The normalized spacial score (nSPS) is 14.3. The Morgan fingerprint density at radius 3 is 0.829 bits per heavy atom. The van der Waals surface area contributed by atoms with Gasteiger partial charge in [-0.3, -0.25) is 37.3 Å². The van der Waals surface area contributed by atoms with Crippen molar-refractivity contribution >= 4 is 39.5 Å². The second kappa shape index (κ2) is 55.6. The van der Waals surface area contributed by atoms with E-state index in [0.29, 0.717) is 25.7 Å². The van der Waals surface area contributed by atoms with Gasteiger partial charge in [0.15, 0.2) is 12.2 Å². The van der Waals surface area contributed by atoms with E-state index >= 15 is 0 Å². The highest BCUT2D eigenvalue weighted by atomic mass is 31.2. The highest BCUT2D eigenvalue weighted by Gasteiger charge is 2.30. The molecule has 0 aromatic rings. The highest BCUT2D eigenvalue weighted by molar-refractivity contribution is 7.47. The van der Waals surface area contributed by atoms with Crippen molar-refractivity contribution in [2.24, 2.45) is 11.8 Å². The number of ether oxygens (including phenoxy) is 4. The molecule has 0 rings (SSSR count). The minimum Gasteiger partial charge on any atom is -0.462 e. The number of unbranched alkanes of at least 4 members (excludes halogenated alkanes) is 32. The lowest BCUT2D eigenvalue weighted by molar-refractivity contribution is -0.161. The van der Waals surface area contributed by atoms with Gasteiger partial charge in [-0.25, -0.2) is 9.13 Å². The van der Waals surface area contributed by atoms with Gasteiger partial charge in [-0.05, 0) is 37.5 Å². The molecule has 0 heterocycles. The maximum Gasteiger partial charge on any atom is 0.472 e. The van der Waals surface area contributed by atoms with Gasteiger partial charge in [0.05, 0.1) is 26.4 Å². The molecule has 2 unspecified atom stereocenters. The molecule has 486 valence electrons. The van der Waals surface area contributed by atoms with Gasteiger partial charge in [-0.15, -0.1) is 0 Å². The Hall–Kier alpha value is -1.94. The third-order valence-corrected chi connectivity index (χ3v) is 16.4. The molecule has 0 aliphatic heterocycles. The van der Waals surface area contributed by atoms with Crippen LogP contribution in [0, 0.1) is 11.8 Å². The number of hydrogen-bond acceptors (Lipinski definition) is 15. The Bertz CT molecular complexity index is 1620. The number of carbonyl (C=O) groups excluding carboxylic acids is 4. The summed E-state index contributed by atoms with van der Waals surface area (Å²) in [5.74, 6) is -0.642. The third kappa shape index (κ3) is 57.2. The highest BCUT2D eigenvalue weighted by Crippen LogP contribution is 2.45. The van der Waals surface area contributed by atoms with E-state index in [2.05, 4.69) is 41.5 Å². The number of aliphatic hydroxyl groups is 1. The fourth-order valence-corrected chi connectivity index (χ4v) is 10.9. The SMILES string of the molecule is CCCCCCCCCCCC(=O)O[C@H](COC(=O)CCCCCCCCCC)COP(=O)(O)OC[C@H](O)COP(=O)(O)OC[C@@H](COC(=O)CCCCCCCCCCCC(C)C)OC(=O)CCCCCCCCCCCCC(C)C. The molecule has 5 atom stereocenters. The Kier molecular flexibility index (Phi) is 54.3. The van der Waals surface area contributed by atoms with Crippen LogP contribution in [0.4, 0.5) is 0 Å². The largest absolute Gasteiger partial charge is 0.472 e. The van der Waals surface area contributed by atoms with Crippen LogP contribution < -0.4 is 0 Å². The predicted molar refractivity (Wildman–Crippen MR) is 326 cm³/mol. The summed E-state index contributed by atoms with van der Waals surface area (Å²) in [6, 6.07) is 0. The molecular formula is C63H122O17P2. The van der Waals surface area contributed by atoms with Crippen molar-refractivity contribution in [3.8, 4) is 0 Å². The first kappa shape index (κ1) is 80.1. The van der Waals surface area contributed by atoms with Crippen molar-refractivity contribution in [1.29, 1.82) is 0 Å². The molecule has 0 bridgehead atoms. The minimum atomic E-state index is -4.94. The number of phosphoric acid groups is 2. The molecule has 0 radical (unpaired) electrons. The van der Waals surface area contributed by atoms with Gasteiger partial charge in [-0.2, -0.15) is 0 Å². The van der Waals surface area contributed by atoms with Crippen LogP contribution >= 0.6 is 15.6 Å². The predicted octanol–water partition coefficient (Wildman–Crippen LogP) is 17.3. The van der Waals surface area contributed by atoms with Gasteiger partial charge in [0.2, 0.25) is 0 Å². The zero-order valence-electron chi connectivity index (χ0n) is 52.8. The quantitative estimate of drug-likeness (QED) is 0.0222. The summed E-state index contributed by atoms with van der Waals surface area (Å²) in [7, 11) is -9.88. The first-order chi connectivity index (χ1) is 39.4. The van der Waals surface area contributed by atoms with Gasteiger partial charge in [0, 0.05) is 25.7 Å². The molecule has 0 aliphatic carbocycles. The monoisotopic (exact) mass is 1210 g/mol. The molecule has 82 heavy (non-hydrogen) atoms. The summed E-state index contributed by atoms with van der Waals surface area (Å²) >= 11 is 0. The molecule has 0 spiro atoms. The number of esters is 4. The maximum absolute atomic E-state index is 13.0. The summed E-state index contributed by atoms with van der Waals surface area (Å²) in [6.45, 7) is 9.42. The van der Waals surface area contributed by atoms with Gasteiger partial charge < -0.3 is 33.8 Å². The molecule has 0 aromatic heterocycles. The van der Waals surface area contributed by atoms with Gasteiger partial charge >= 0.3 is 39.5 Å². The van der Waals surface area contributed by atoms with E-state index in [1.165, 1.54) is 122 Å². The van der Waals surface area contributed by atoms with Crippen molar-refractivity contribution in [1.82, 2.24) is 0 Å². The van der Waals surface area contributed by atoms with Crippen molar-refractivity contribution in [2.45, 2.75) is 330 Å². The zero-order valence-corrected chi connectivity index (χ0v) is 54.6. The standard InChI is InChI=1S/C63H122O17P2/c1-7-9-11-13-15-20-29-35-41-47-62(67)79-58(51-73-60(65)45-39-33-27-16-14-12-10-8-2)53-77-81(69,70)75-49-57(64)50-76-82(71,72)78-54-59(52-74-61(66)46-40-34-28-24-19-22-26-32-38-44-56(5)6)80-63(68)48-42-36-30-23-18-17-21-25-31-37-43-55(3)4/h55-59,64H,7-54H2,1-6H3,(H,69,70)(H,71,72)/t57-,58+,59+/m0/s1. The maximum atomic E-state index is 13.0. The lowest BCUT2D eigenvalue weighted by atomic mass is 10.0. The van der Waals surface area contributed by atoms with Crippen LogP contribution in [0.3, 0.4) is 0 Å². The van der Waals surface area contributed by atoms with E-state index in [-0.39, 0.29) is 25.7 Å². The third-order valence-electron chi connectivity index (χ3n) is 14.5.